The van der Waals surface area contributed by atoms with E-state index >= 15 is 0 Å². The van der Waals surface area contributed by atoms with Crippen molar-refractivity contribution in [1.29, 1.82) is 0 Å². The van der Waals surface area contributed by atoms with Gasteiger partial charge in [0.2, 0.25) is 0 Å². The second-order valence-corrected chi connectivity index (χ2v) is 4.28. The standard InChI is InChI=1S/C13H21N3O3/c1-19-9-8-16(7-6-13(14)15-18)10-11-2-4-12(17)5-3-11/h2-5,17-18H,6-10H2,1H3,(H2,14,15). The summed E-state index contributed by atoms with van der Waals surface area (Å²) in [6, 6.07) is 7.07. The molecule has 19 heavy (non-hydrogen) atoms. The molecule has 0 atom stereocenters. The maximum Gasteiger partial charge on any atom is 0.140 e. The first-order valence-electron chi connectivity index (χ1n) is 6.11. The molecular weight excluding hydrogens is 246 g/mol. The maximum absolute atomic E-state index is 9.25. The van der Waals surface area contributed by atoms with E-state index in [0.29, 0.717) is 19.6 Å². The fourth-order valence-electron chi connectivity index (χ4n) is 1.67. The Morgan fingerprint density at radius 3 is 2.58 bits per heavy atom. The zero-order chi connectivity index (χ0) is 14.1. The van der Waals surface area contributed by atoms with E-state index in [1.54, 1.807) is 19.2 Å². The van der Waals surface area contributed by atoms with Crippen molar-refractivity contribution in [3.8, 4) is 5.75 Å². The summed E-state index contributed by atoms with van der Waals surface area (Å²) < 4.78 is 5.07. The van der Waals surface area contributed by atoms with Gasteiger partial charge in [0, 0.05) is 33.2 Å². The Morgan fingerprint density at radius 1 is 1.32 bits per heavy atom. The number of ether oxygens (including phenoxy) is 1. The summed E-state index contributed by atoms with van der Waals surface area (Å²) in [5.74, 6) is 0.469. The first kappa shape index (κ1) is 15.3. The lowest BCUT2D eigenvalue weighted by Gasteiger charge is -2.21. The molecule has 1 aromatic rings. The van der Waals surface area contributed by atoms with Crippen molar-refractivity contribution < 1.29 is 15.1 Å². The van der Waals surface area contributed by atoms with Crippen LogP contribution >= 0.6 is 0 Å². The number of hydrogen-bond acceptors (Lipinski definition) is 5. The summed E-state index contributed by atoms with van der Waals surface area (Å²) >= 11 is 0. The number of nitrogens with zero attached hydrogens (tertiary/aromatic N) is 2. The van der Waals surface area contributed by atoms with Crippen molar-refractivity contribution in [3.63, 3.8) is 0 Å². The number of nitrogens with two attached hydrogens (primary N) is 1. The number of aromatic hydroxyl groups is 1. The number of oxime groups is 1. The molecule has 0 aliphatic rings. The molecule has 0 fully saturated rings. The third-order valence-corrected chi connectivity index (χ3v) is 2.77. The number of rotatable bonds is 8. The molecule has 6 nitrogen and oxygen atoms in total. The molecule has 0 aromatic heterocycles. The van der Waals surface area contributed by atoms with Crippen LogP contribution in [0.3, 0.4) is 0 Å². The maximum atomic E-state index is 9.25. The first-order chi connectivity index (χ1) is 9.15. The lowest BCUT2D eigenvalue weighted by atomic mass is 10.2. The van der Waals surface area contributed by atoms with E-state index in [4.69, 9.17) is 15.7 Å². The molecule has 0 spiro atoms. The SMILES string of the molecule is COCCN(CCC(N)=NO)Cc1ccc(O)cc1. The lowest BCUT2D eigenvalue weighted by Crippen LogP contribution is -2.30. The Hall–Kier alpha value is -1.79. The average molecular weight is 267 g/mol. The molecule has 0 aliphatic carbocycles. The molecule has 106 valence electrons. The van der Waals surface area contributed by atoms with Gasteiger partial charge in [-0.15, -0.1) is 0 Å². The average Bonchev–Trinajstić information content (AvgIpc) is 2.43. The Balaban J connectivity index is 2.55. The summed E-state index contributed by atoms with van der Waals surface area (Å²) in [4.78, 5) is 2.15. The fourth-order valence-corrected chi connectivity index (χ4v) is 1.67. The van der Waals surface area contributed by atoms with Gasteiger partial charge in [-0.05, 0) is 17.7 Å². The molecular formula is C13H21N3O3. The summed E-state index contributed by atoms with van der Waals surface area (Å²) in [6.45, 7) is 2.78. The first-order valence-corrected chi connectivity index (χ1v) is 6.11. The third-order valence-electron chi connectivity index (χ3n) is 2.77. The largest absolute Gasteiger partial charge is 0.508 e. The highest BCUT2D eigenvalue weighted by Gasteiger charge is 2.07. The number of benzene rings is 1. The smallest absolute Gasteiger partial charge is 0.140 e. The van der Waals surface area contributed by atoms with Crippen LogP contribution in [0.5, 0.6) is 5.75 Å². The van der Waals surface area contributed by atoms with Crippen LogP contribution < -0.4 is 5.73 Å². The zero-order valence-corrected chi connectivity index (χ0v) is 11.1. The van der Waals surface area contributed by atoms with E-state index in [1.165, 1.54) is 0 Å². The molecule has 0 radical (unpaired) electrons. The molecule has 0 bridgehead atoms. The number of methoxy groups -OCH3 is 1. The predicted molar refractivity (Wildman–Crippen MR) is 73.3 cm³/mol. The number of amidine groups is 1. The summed E-state index contributed by atoms with van der Waals surface area (Å²) in [5.41, 5.74) is 6.56. The molecule has 0 unspecified atom stereocenters. The van der Waals surface area contributed by atoms with Crippen LogP contribution in [-0.2, 0) is 11.3 Å². The Labute approximate surface area is 113 Å². The van der Waals surface area contributed by atoms with Gasteiger partial charge in [0.05, 0.1) is 6.61 Å². The summed E-state index contributed by atoms with van der Waals surface area (Å²) in [5, 5.41) is 20.7. The summed E-state index contributed by atoms with van der Waals surface area (Å²) in [7, 11) is 1.66. The number of phenolic OH excluding ortho intramolecular Hbond substituents is 1. The minimum atomic E-state index is 0.216. The van der Waals surface area contributed by atoms with Crippen molar-refractivity contribution in [2.75, 3.05) is 26.8 Å². The topological polar surface area (TPSA) is 91.3 Å². The second-order valence-electron chi connectivity index (χ2n) is 4.28. The van der Waals surface area contributed by atoms with Gasteiger partial charge in [-0.3, -0.25) is 4.90 Å². The minimum Gasteiger partial charge on any atom is -0.508 e. The van der Waals surface area contributed by atoms with E-state index < -0.39 is 0 Å². The van der Waals surface area contributed by atoms with Crippen LogP contribution in [0.1, 0.15) is 12.0 Å². The van der Waals surface area contributed by atoms with E-state index in [9.17, 15) is 5.11 Å². The number of hydrogen-bond donors (Lipinski definition) is 3. The Morgan fingerprint density at radius 2 is 2.00 bits per heavy atom. The van der Waals surface area contributed by atoms with Gasteiger partial charge >= 0.3 is 0 Å². The van der Waals surface area contributed by atoms with Crippen LogP contribution in [0.2, 0.25) is 0 Å². The summed E-state index contributed by atoms with van der Waals surface area (Å²) in [6.07, 6.45) is 0.498. The zero-order valence-electron chi connectivity index (χ0n) is 11.1. The molecule has 0 amide bonds. The molecule has 0 saturated heterocycles. The van der Waals surface area contributed by atoms with Crippen LogP contribution in [0.25, 0.3) is 0 Å². The van der Waals surface area contributed by atoms with Gasteiger partial charge in [-0.1, -0.05) is 17.3 Å². The monoisotopic (exact) mass is 267 g/mol. The molecule has 1 rings (SSSR count). The van der Waals surface area contributed by atoms with Gasteiger partial charge in [-0.2, -0.15) is 0 Å². The van der Waals surface area contributed by atoms with Crippen LogP contribution in [-0.4, -0.2) is 47.9 Å². The predicted octanol–water partition coefficient (Wildman–Crippen LogP) is 0.977. The number of phenols is 1. The van der Waals surface area contributed by atoms with Crippen molar-refractivity contribution in [2.24, 2.45) is 10.9 Å². The van der Waals surface area contributed by atoms with Crippen LogP contribution in [0.4, 0.5) is 0 Å². The molecule has 4 N–H and O–H groups in total. The van der Waals surface area contributed by atoms with E-state index in [0.717, 1.165) is 18.7 Å². The fraction of sp³-hybridized carbons (Fsp3) is 0.462. The minimum absolute atomic E-state index is 0.216. The van der Waals surface area contributed by atoms with Gasteiger partial charge < -0.3 is 20.8 Å². The highest BCUT2D eigenvalue weighted by atomic mass is 16.5. The highest BCUT2D eigenvalue weighted by Crippen LogP contribution is 2.11. The van der Waals surface area contributed by atoms with E-state index in [-0.39, 0.29) is 11.6 Å². The van der Waals surface area contributed by atoms with Gasteiger partial charge in [0.25, 0.3) is 0 Å². The molecule has 6 heteroatoms. The van der Waals surface area contributed by atoms with Crippen LogP contribution in [0.15, 0.2) is 29.4 Å². The second kappa shape index (κ2) is 8.34. The van der Waals surface area contributed by atoms with E-state index in [1.807, 2.05) is 12.1 Å². The van der Waals surface area contributed by atoms with Crippen molar-refractivity contribution in [1.82, 2.24) is 4.90 Å². The van der Waals surface area contributed by atoms with Gasteiger partial charge in [-0.25, -0.2) is 0 Å². The molecule has 1 aromatic carbocycles. The molecule has 0 heterocycles. The third kappa shape index (κ3) is 6.08. The van der Waals surface area contributed by atoms with Crippen molar-refractivity contribution in [2.45, 2.75) is 13.0 Å². The van der Waals surface area contributed by atoms with Gasteiger partial charge in [0.1, 0.15) is 11.6 Å². The molecule has 0 aliphatic heterocycles. The normalized spacial score (nSPS) is 12.0. The lowest BCUT2D eigenvalue weighted by molar-refractivity contribution is 0.145. The highest BCUT2D eigenvalue weighted by molar-refractivity contribution is 5.79. The van der Waals surface area contributed by atoms with Crippen molar-refractivity contribution >= 4 is 5.84 Å². The Kier molecular flexibility index (Phi) is 6.70. The van der Waals surface area contributed by atoms with Crippen LogP contribution in [0, 0.1) is 0 Å². The van der Waals surface area contributed by atoms with Gasteiger partial charge in [0.15, 0.2) is 0 Å². The Bertz CT molecular complexity index is 393. The van der Waals surface area contributed by atoms with E-state index in [2.05, 4.69) is 10.1 Å². The van der Waals surface area contributed by atoms with Crippen molar-refractivity contribution in [3.05, 3.63) is 29.8 Å². The molecule has 0 saturated carbocycles. The quantitative estimate of drug-likeness (QED) is 0.283.